The van der Waals surface area contributed by atoms with Gasteiger partial charge in [-0.3, -0.25) is 19.3 Å². The molecule has 146 valence electrons. The SMILES string of the molecule is COc1ccccc1CNC(=O)c1coc(CN2C(=O)c3ccccc3C2=O)n1. The van der Waals surface area contributed by atoms with E-state index >= 15 is 0 Å². The maximum Gasteiger partial charge on any atom is 0.273 e. The van der Waals surface area contributed by atoms with Gasteiger partial charge in [0.15, 0.2) is 5.69 Å². The fourth-order valence-electron chi connectivity index (χ4n) is 3.12. The standard InChI is InChI=1S/C21H17N3O5/c1-28-17-9-5-2-6-13(17)10-22-19(25)16-12-29-18(23-16)11-24-20(26)14-7-3-4-8-15(14)21(24)27/h2-9,12H,10-11H2,1H3,(H,22,25). The molecule has 2 aromatic carbocycles. The molecule has 1 aromatic heterocycles. The number of oxazole rings is 1. The zero-order chi connectivity index (χ0) is 20.4. The lowest BCUT2D eigenvalue weighted by Crippen LogP contribution is -2.29. The quantitative estimate of drug-likeness (QED) is 0.648. The molecule has 0 radical (unpaired) electrons. The van der Waals surface area contributed by atoms with Gasteiger partial charge in [0, 0.05) is 12.1 Å². The first-order valence-corrected chi connectivity index (χ1v) is 8.88. The molecule has 3 aromatic rings. The number of hydrogen-bond donors (Lipinski definition) is 1. The number of carbonyl (C=O) groups excluding carboxylic acids is 3. The Labute approximate surface area is 166 Å². The summed E-state index contributed by atoms with van der Waals surface area (Å²) in [4.78, 5) is 42.3. The lowest BCUT2D eigenvalue weighted by molar-refractivity contribution is 0.0628. The van der Waals surface area contributed by atoms with Crippen LogP contribution in [0.15, 0.2) is 59.2 Å². The molecule has 1 aliphatic heterocycles. The predicted molar refractivity (Wildman–Crippen MR) is 101 cm³/mol. The molecule has 0 aliphatic carbocycles. The lowest BCUT2D eigenvalue weighted by atomic mass is 10.1. The molecule has 0 saturated heterocycles. The van der Waals surface area contributed by atoms with Gasteiger partial charge in [-0.15, -0.1) is 0 Å². The number of rotatable bonds is 6. The van der Waals surface area contributed by atoms with Crippen LogP contribution in [0.1, 0.15) is 42.7 Å². The van der Waals surface area contributed by atoms with E-state index < -0.39 is 17.7 Å². The van der Waals surface area contributed by atoms with Crippen molar-refractivity contribution >= 4 is 17.7 Å². The first-order chi connectivity index (χ1) is 14.1. The van der Waals surface area contributed by atoms with Gasteiger partial charge in [-0.1, -0.05) is 30.3 Å². The summed E-state index contributed by atoms with van der Waals surface area (Å²) in [6.07, 6.45) is 1.20. The smallest absolute Gasteiger partial charge is 0.273 e. The Morgan fingerprint density at radius 3 is 2.41 bits per heavy atom. The molecular formula is C21H17N3O5. The number of aromatic nitrogens is 1. The average molecular weight is 391 g/mol. The van der Waals surface area contributed by atoms with Gasteiger partial charge in [0.1, 0.15) is 18.6 Å². The summed E-state index contributed by atoms with van der Waals surface area (Å²) in [7, 11) is 1.56. The Morgan fingerprint density at radius 1 is 1.07 bits per heavy atom. The van der Waals surface area contributed by atoms with Crippen LogP contribution in [-0.2, 0) is 13.1 Å². The lowest BCUT2D eigenvalue weighted by Gasteiger charge is -2.10. The summed E-state index contributed by atoms with van der Waals surface area (Å²) >= 11 is 0. The van der Waals surface area contributed by atoms with Crippen molar-refractivity contribution < 1.29 is 23.5 Å². The monoisotopic (exact) mass is 391 g/mol. The third kappa shape index (κ3) is 3.47. The molecule has 3 amide bonds. The number of benzene rings is 2. The number of amides is 3. The van der Waals surface area contributed by atoms with Crippen molar-refractivity contribution in [2.24, 2.45) is 0 Å². The van der Waals surface area contributed by atoms with Crippen LogP contribution in [0.2, 0.25) is 0 Å². The highest BCUT2D eigenvalue weighted by atomic mass is 16.5. The van der Waals surface area contributed by atoms with Crippen molar-refractivity contribution in [1.29, 1.82) is 0 Å². The van der Waals surface area contributed by atoms with Crippen LogP contribution in [0.5, 0.6) is 5.75 Å². The Bertz CT molecular complexity index is 1070. The minimum Gasteiger partial charge on any atom is -0.496 e. The van der Waals surface area contributed by atoms with Crippen LogP contribution in [0, 0.1) is 0 Å². The number of imide groups is 1. The van der Waals surface area contributed by atoms with Crippen LogP contribution < -0.4 is 10.1 Å². The van der Waals surface area contributed by atoms with E-state index in [2.05, 4.69) is 10.3 Å². The number of ether oxygens (including phenoxy) is 1. The van der Waals surface area contributed by atoms with Crippen molar-refractivity contribution in [3.63, 3.8) is 0 Å². The van der Waals surface area contributed by atoms with Gasteiger partial charge in [-0.2, -0.15) is 0 Å². The second-order valence-corrected chi connectivity index (χ2v) is 6.36. The topological polar surface area (TPSA) is 102 Å². The van der Waals surface area contributed by atoms with Crippen molar-refractivity contribution in [2.45, 2.75) is 13.1 Å². The van der Waals surface area contributed by atoms with Crippen molar-refractivity contribution in [2.75, 3.05) is 7.11 Å². The van der Waals surface area contributed by atoms with Crippen LogP contribution >= 0.6 is 0 Å². The van der Waals surface area contributed by atoms with Crippen molar-refractivity contribution in [1.82, 2.24) is 15.2 Å². The summed E-state index contributed by atoms with van der Waals surface area (Å²) in [5, 5.41) is 2.74. The second kappa shape index (κ2) is 7.59. The first-order valence-electron chi connectivity index (χ1n) is 8.88. The molecule has 8 nitrogen and oxygen atoms in total. The fraction of sp³-hybridized carbons (Fsp3) is 0.143. The molecule has 2 heterocycles. The van der Waals surface area contributed by atoms with Gasteiger partial charge in [0.25, 0.3) is 17.7 Å². The molecule has 8 heteroatoms. The summed E-state index contributed by atoms with van der Waals surface area (Å²) < 4.78 is 10.6. The summed E-state index contributed by atoms with van der Waals surface area (Å²) in [6, 6.07) is 13.9. The maximum absolute atomic E-state index is 12.4. The van der Waals surface area contributed by atoms with E-state index in [9.17, 15) is 14.4 Å². The number of fused-ring (bicyclic) bond motifs is 1. The first kappa shape index (κ1) is 18.4. The van der Waals surface area contributed by atoms with E-state index in [1.807, 2.05) is 18.2 Å². The van der Waals surface area contributed by atoms with Gasteiger partial charge in [0.05, 0.1) is 18.2 Å². The Hall–Kier alpha value is -3.94. The van der Waals surface area contributed by atoms with E-state index in [1.165, 1.54) is 6.26 Å². The maximum atomic E-state index is 12.4. The third-order valence-corrected chi connectivity index (χ3v) is 4.59. The highest BCUT2D eigenvalue weighted by Gasteiger charge is 2.36. The number of para-hydroxylation sites is 1. The van der Waals surface area contributed by atoms with Gasteiger partial charge < -0.3 is 14.5 Å². The van der Waals surface area contributed by atoms with Crippen LogP contribution in [0.3, 0.4) is 0 Å². The molecule has 4 rings (SSSR count). The highest BCUT2D eigenvalue weighted by Crippen LogP contribution is 2.24. The average Bonchev–Trinajstić information content (AvgIpc) is 3.32. The molecule has 0 fully saturated rings. The van der Waals surface area contributed by atoms with E-state index in [0.29, 0.717) is 16.9 Å². The predicted octanol–water partition coefficient (Wildman–Crippen LogP) is 2.41. The highest BCUT2D eigenvalue weighted by molar-refractivity contribution is 6.21. The summed E-state index contributed by atoms with van der Waals surface area (Å²) in [5.41, 5.74) is 1.57. The molecule has 0 spiro atoms. The van der Waals surface area contributed by atoms with Gasteiger partial charge >= 0.3 is 0 Å². The number of carbonyl (C=O) groups is 3. The zero-order valence-electron chi connectivity index (χ0n) is 15.5. The molecule has 0 saturated carbocycles. The number of nitrogens with one attached hydrogen (secondary N) is 1. The molecule has 29 heavy (non-hydrogen) atoms. The number of hydrogen-bond acceptors (Lipinski definition) is 6. The molecule has 0 atom stereocenters. The van der Waals surface area contributed by atoms with E-state index in [0.717, 1.165) is 10.5 Å². The molecule has 0 unspecified atom stereocenters. The normalized spacial score (nSPS) is 12.8. The molecule has 1 N–H and O–H groups in total. The van der Waals surface area contributed by atoms with E-state index in [-0.39, 0.29) is 24.7 Å². The van der Waals surface area contributed by atoms with Crippen molar-refractivity contribution in [3.8, 4) is 5.75 Å². The van der Waals surface area contributed by atoms with Crippen LogP contribution in [0.25, 0.3) is 0 Å². The Kier molecular flexibility index (Phi) is 4.82. The van der Waals surface area contributed by atoms with Gasteiger partial charge in [-0.25, -0.2) is 4.98 Å². The Morgan fingerprint density at radius 2 is 1.72 bits per heavy atom. The minimum atomic E-state index is -0.437. The largest absolute Gasteiger partial charge is 0.496 e. The molecular weight excluding hydrogens is 374 g/mol. The zero-order valence-corrected chi connectivity index (χ0v) is 15.5. The van der Waals surface area contributed by atoms with Crippen LogP contribution in [-0.4, -0.2) is 34.7 Å². The molecule has 0 bridgehead atoms. The van der Waals surface area contributed by atoms with E-state index in [4.69, 9.17) is 9.15 Å². The third-order valence-electron chi connectivity index (χ3n) is 4.59. The Balaban J connectivity index is 1.42. The molecule has 1 aliphatic rings. The van der Waals surface area contributed by atoms with Gasteiger partial charge in [0.2, 0.25) is 5.89 Å². The second-order valence-electron chi connectivity index (χ2n) is 6.36. The van der Waals surface area contributed by atoms with Gasteiger partial charge in [-0.05, 0) is 18.2 Å². The summed E-state index contributed by atoms with van der Waals surface area (Å²) in [6.45, 7) is 0.107. The van der Waals surface area contributed by atoms with E-state index in [1.54, 1.807) is 37.4 Å². The number of nitrogens with zero attached hydrogens (tertiary/aromatic N) is 2. The minimum absolute atomic E-state index is 0.0616. The van der Waals surface area contributed by atoms with Crippen molar-refractivity contribution in [3.05, 3.63) is 83.1 Å². The summed E-state index contributed by atoms with van der Waals surface area (Å²) in [5.74, 6) is -0.494. The number of methoxy groups -OCH3 is 1. The van der Waals surface area contributed by atoms with Crippen LogP contribution in [0.4, 0.5) is 0 Å². The fourth-order valence-corrected chi connectivity index (χ4v) is 3.12.